The second-order valence-corrected chi connectivity index (χ2v) is 4.70. The van der Waals surface area contributed by atoms with Crippen LogP contribution in [-0.4, -0.2) is 17.0 Å². The first kappa shape index (κ1) is 11.2. The molecule has 2 heterocycles. The summed E-state index contributed by atoms with van der Waals surface area (Å²) >= 11 is 0. The maximum atomic E-state index is 12.5. The molecule has 3 rings (SSSR count). The van der Waals surface area contributed by atoms with Crippen LogP contribution in [-0.2, 0) is 13.0 Å². The summed E-state index contributed by atoms with van der Waals surface area (Å²) in [6.45, 7) is 3.78. The fourth-order valence-electron chi connectivity index (χ4n) is 2.51. The summed E-state index contributed by atoms with van der Waals surface area (Å²) < 4.78 is 1.80. The molecule has 0 saturated heterocycles. The zero-order valence-corrected chi connectivity index (χ0v) is 10.4. The van der Waals surface area contributed by atoms with Crippen molar-refractivity contribution in [1.29, 1.82) is 0 Å². The van der Waals surface area contributed by atoms with E-state index >= 15 is 0 Å². The van der Waals surface area contributed by atoms with E-state index in [0.29, 0.717) is 0 Å². The molecule has 3 heteroatoms. The second-order valence-electron chi connectivity index (χ2n) is 4.70. The number of carbonyl (C=O) groups is 1. The molecule has 3 nitrogen and oxygen atoms in total. The molecule has 0 radical (unpaired) electrons. The van der Waals surface area contributed by atoms with E-state index in [1.165, 1.54) is 5.56 Å². The third-order valence-electron chi connectivity index (χ3n) is 3.53. The van der Waals surface area contributed by atoms with Crippen LogP contribution >= 0.6 is 0 Å². The van der Waals surface area contributed by atoms with Gasteiger partial charge in [0.05, 0.1) is 0 Å². The summed E-state index contributed by atoms with van der Waals surface area (Å²) in [6, 6.07) is 9.78. The Morgan fingerprint density at radius 1 is 1.28 bits per heavy atom. The number of rotatable bonds is 1. The van der Waals surface area contributed by atoms with Gasteiger partial charge in [0.2, 0.25) is 0 Å². The number of fused-ring (bicyclic) bond motifs is 1. The SMILES string of the molecule is Cc1ccccc1C(=O)n1ccc2c1CCNC2. The van der Waals surface area contributed by atoms with Gasteiger partial charge in [-0.05, 0) is 30.2 Å². The van der Waals surface area contributed by atoms with Crippen molar-refractivity contribution in [3.63, 3.8) is 0 Å². The standard InChI is InChI=1S/C15H16N2O/c1-11-4-2-3-5-13(11)15(18)17-9-7-12-10-16-8-6-14(12)17/h2-5,7,9,16H,6,8,10H2,1H3. The van der Waals surface area contributed by atoms with Gasteiger partial charge in [0, 0.05) is 37.0 Å². The molecule has 92 valence electrons. The Morgan fingerprint density at radius 3 is 2.94 bits per heavy atom. The molecule has 0 fully saturated rings. The van der Waals surface area contributed by atoms with Gasteiger partial charge in [-0.25, -0.2) is 0 Å². The molecule has 1 aromatic carbocycles. The van der Waals surface area contributed by atoms with Crippen molar-refractivity contribution in [2.45, 2.75) is 19.9 Å². The van der Waals surface area contributed by atoms with Crippen LogP contribution in [0.4, 0.5) is 0 Å². The third-order valence-corrected chi connectivity index (χ3v) is 3.53. The lowest BCUT2D eigenvalue weighted by Crippen LogP contribution is -2.26. The van der Waals surface area contributed by atoms with Crippen molar-refractivity contribution in [3.8, 4) is 0 Å². The Bertz CT molecular complexity index is 598. The van der Waals surface area contributed by atoms with Gasteiger partial charge in [-0.1, -0.05) is 18.2 Å². The number of aromatic nitrogens is 1. The third kappa shape index (κ3) is 1.77. The Morgan fingerprint density at radius 2 is 2.11 bits per heavy atom. The molecule has 2 aromatic rings. The molecule has 1 aromatic heterocycles. The van der Waals surface area contributed by atoms with E-state index in [1.54, 1.807) is 4.57 Å². The minimum Gasteiger partial charge on any atom is -0.312 e. The zero-order chi connectivity index (χ0) is 12.5. The Balaban J connectivity index is 2.03. The summed E-state index contributed by atoms with van der Waals surface area (Å²) in [6.07, 6.45) is 2.81. The first-order chi connectivity index (χ1) is 8.77. The van der Waals surface area contributed by atoms with Crippen molar-refractivity contribution in [2.24, 2.45) is 0 Å². The Kier molecular flexibility index (Phi) is 2.76. The molecule has 0 unspecified atom stereocenters. The molecule has 1 aliphatic rings. The summed E-state index contributed by atoms with van der Waals surface area (Å²) in [5.74, 6) is 0.0799. The first-order valence-corrected chi connectivity index (χ1v) is 6.27. The average molecular weight is 240 g/mol. The van der Waals surface area contributed by atoms with Crippen molar-refractivity contribution >= 4 is 5.91 Å². The van der Waals surface area contributed by atoms with Gasteiger partial charge in [0.25, 0.3) is 5.91 Å². The van der Waals surface area contributed by atoms with Gasteiger partial charge in [-0.2, -0.15) is 0 Å². The van der Waals surface area contributed by atoms with Crippen LogP contribution < -0.4 is 5.32 Å². The van der Waals surface area contributed by atoms with E-state index in [-0.39, 0.29) is 5.91 Å². The highest BCUT2D eigenvalue weighted by molar-refractivity contribution is 5.97. The van der Waals surface area contributed by atoms with Crippen LogP contribution in [0.25, 0.3) is 0 Å². The van der Waals surface area contributed by atoms with Crippen LogP contribution in [0.1, 0.15) is 27.2 Å². The predicted octanol–water partition coefficient (Wildman–Crippen LogP) is 2.13. The van der Waals surface area contributed by atoms with Gasteiger partial charge in [-0.3, -0.25) is 9.36 Å². The fourth-order valence-corrected chi connectivity index (χ4v) is 2.51. The lowest BCUT2D eigenvalue weighted by Gasteiger charge is -2.16. The molecule has 0 spiro atoms. The maximum absolute atomic E-state index is 12.5. The minimum atomic E-state index is 0.0799. The molecular weight excluding hydrogens is 224 g/mol. The monoisotopic (exact) mass is 240 g/mol. The highest BCUT2D eigenvalue weighted by Gasteiger charge is 2.18. The van der Waals surface area contributed by atoms with Crippen LogP contribution in [0, 0.1) is 6.92 Å². The number of nitrogens with one attached hydrogen (secondary N) is 1. The van der Waals surface area contributed by atoms with E-state index in [2.05, 4.69) is 5.32 Å². The molecule has 0 bridgehead atoms. The predicted molar refractivity (Wildman–Crippen MR) is 70.8 cm³/mol. The highest BCUT2D eigenvalue weighted by Crippen LogP contribution is 2.18. The molecule has 18 heavy (non-hydrogen) atoms. The second kappa shape index (κ2) is 4.42. The molecule has 0 saturated carbocycles. The fraction of sp³-hybridized carbons (Fsp3) is 0.267. The maximum Gasteiger partial charge on any atom is 0.262 e. The minimum absolute atomic E-state index is 0.0799. The molecule has 1 N–H and O–H groups in total. The largest absolute Gasteiger partial charge is 0.312 e. The van der Waals surface area contributed by atoms with E-state index in [9.17, 15) is 4.79 Å². The van der Waals surface area contributed by atoms with Gasteiger partial charge >= 0.3 is 0 Å². The average Bonchev–Trinajstić information content (AvgIpc) is 2.82. The molecular formula is C15H16N2O. The highest BCUT2D eigenvalue weighted by atomic mass is 16.2. The van der Waals surface area contributed by atoms with E-state index < -0.39 is 0 Å². The van der Waals surface area contributed by atoms with Gasteiger partial charge < -0.3 is 5.32 Å². The summed E-state index contributed by atoms with van der Waals surface area (Å²) in [4.78, 5) is 12.5. The lowest BCUT2D eigenvalue weighted by molar-refractivity contribution is 0.0956. The van der Waals surface area contributed by atoms with Crippen LogP contribution in [0.15, 0.2) is 36.5 Å². The van der Waals surface area contributed by atoms with E-state index in [1.807, 2.05) is 43.5 Å². The van der Waals surface area contributed by atoms with Crippen molar-refractivity contribution in [3.05, 3.63) is 58.9 Å². The van der Waals surface area contributed by atoms with Crippen LogP contribution in [0.2, 0.25) is 0 Å². The van der Waals surface area contributed by atoms with Crippen LogP contribution in [0.5, 0.6) is 0 Å². The molecule has 0 aliphatic carbocycles. The Labute approximate surface area is 106 Å². The summed E-state index contributed by atoms with van der Waals surface area (Å²) in [5, 5.41) is 3.32. The van der Waals surface area contributed by atoms with E-state index in [0.717, 1.165) is 36.3 Å². The number of aryl methyl sites for hydroxylation is 1. The molecule has 0 atom stereocenters. The Hall–Kier alpha value is -1.87. The van der Waals surface area contributed by atoms with Crippen molar-refractivity contribution in [1.82, 2.24) is 9.88 Å². The lowest BCUT2D eigenvalue weighted by atomic mass is 10.1. The van der Waals surface area contributed by atoms with Crippen molar-refractivity contribution < 1.29 is 4.79 Å². The summed E-state index contributed by atoms with van der Waals surface area (Å²) in [7, 11) is 0. The quantitative estimate of drug-likeness (QED) is 0.828. The number of benzene rings is 1. The molecule has 0 amide bonds. The normalized spacial score (nSPS) is 14.3. The number of carbonyl (C=O) groups excluding carboxylic acids is 1. The van der Waals surface area contributed by atoms with Gasteiger partial charge in [-0.15, -0.1) is 0 Å². The van der Waals surface area contributed by atoms with Gasteiger partial charge in [0.1, 0.15) is 0 Å². The first-order valence-electron chi connectivity index (χ1n) is 6.27. The van der Waals surface area contributed by atoms with E-state index in [4.69, 9.17) is 0 Å². The van der Waals surface area contributed by atoms with Crippen molar-refractivity contribution in [2.75, 3.05) is 6.54 Å². The van der Waals surface area contributed by atoms with Crippen LogP contribution in [0.3, 0.4) is 0 Å². The smallest absolute Gasteiger partial charge is 0.262 e. The van der Waals surface area contributed by atoms with Gasteiger partial charge in [0.15, 0.2) is 0 Å². The number of hydrogen-bond donors (Lipinski definition) is 1. The molecule has 1 aliphatic heterocycles. The number of nitrogens with zero attached hydrogens (tertiary/aromatic N) is 1. The topological polar surface area (TPSA) is 34.0 Å². The number of hydrogen-bond acceptors (Lipinski definition) is 2. The zero-order valence-electron chi connectivity index (χ0n) is 10.4. The summed E-state index contributed by atoms with van der Waals surface area (Å²) in [5.41, 5.74) is 4.21.